The molecule has 0 aliphatic heterocycles. The molecule has 2 aliphatic carbocycles. The van der Waals surface area contributed by atoms with E-state index in [0.717, 1.165) is 12.0 Å². The molecule has 104 valence electrons. The number of rotatable bonds is 2. The van der Waals surface area contributed by atoms with Crippen molar-refractivity contribution in [3.05, 3.63) is 33.8 Å². The number of halogens is 1. The Morgan fingerprint density at radius 2 is 1.95 bits per heavy atom. The number of hydrogen-bond donors (Lipinski definition) is 1. The van der Waals surface area contributed by atoms with Gasteiger partial charge in [0.05, 0.1) is 0 Å². The van der Waals surface area contributed by atoms with Crippen molar-refractivity contribution in [2.24, 2.45) is 5.92 Å². The van der Waals surface area contributed by atoms with E-state index in [1.54, 1.807) is 0 Å². The molecule has 0 spiro atoms. The Balaban J connectivity index is 1.73. The van der Waals surface area contributed by atoms with Gasteiger partial charge < -0.3 is 5.32 Å². The molecular formula is C17H24BrN. The zero-order valence-corrected chi connectivity index (χ0v) is 13.4. The number of hydrogen-bond acceptors (Lipinski definition) is 1. The molecule has 0 aromatic heterocycles. The van der Waals surface area contributed by atoms with Gasteiger partial charge in [0.25, 0.3) is 0 Å². The maximum absolute atomic E-state index is 3.97. The average molecular weight is 322 g/mol. The van der Waals surface area contributed by atoms with E-state index in [1.807, 2.05) is 0 Å². The number of benzene rings is 1. The topological polar surface area (TPSA) is 12.0 Å². The highest BCUT2D eigenvalue weighted by Gasteiger charge is 2.28. The average Bonchev–Trinajstić information content (AvgIpc) is 2.70. The molecule has 1 aromatic carbocycles. The monoisotopic (exact) mass is 321 g/mol. The molecule has 0 amide bonds. The third-order valence-electron chi connectivity index (χ3n) is 4.99. The highest BCUT2D eigenvalue weighted by molar-refractivity contribution is 9.10. The predicted octanol–water partition coefficient (Wildman–Crippen LogP) is 4.99. The third kappa shape index (κ3) is 2.90. The van der Waals surface area contributed by atoms with Crippen LogP contribution < -0.4 is 5.32 Å². The lowest BCUT2D eigenvalue weighted by Crippen LogP contribution is -2.36. The van der Waals surface area contributed by atoms with Gasteiger partial charge in [-0.1, -0.05) is 54.2 Å². The summed E-state index contributed by atoms with van der Waals surface area (Å²) < 4.78 is 1.29. The first-order chi connectivity index (χ1) is 9.25. The van der Waals surface area contributed by atoms with Crippen molar-refractivity contribution in [3.63, 3.8) is 0 Å². The van der Waals surface area contributed by atoms with Crippen LogP contribution in [0.5, 0.6) is 0 Å². The summed E-state index contributed by atoms with van der Waals surface area (Å²) in [5, 5.41) is 3.97. The van der Waals surface area contributed by atoms with E-state index in [-0.39, 0.29) is 0 Å². The Kier molecular flexibility index (Phi) is 4.28. The lowest BCUT2D eigenvalue weighted by atomic mass is 9.95. The van der Waals surface area contributed by atoms with E-state index in [9.17, 15) is 0 Å². The van der Waals surface area contributed by atoms with Crippen molar-refractivity contribution in [1.82, 2.24) is 5.32 Å². The fourth-order valence-corrected chi connectivity index (χ4v) is 4.36. The van der Waals surface area contributed by atoms with E-state index < -0.39 is 0 Å². The molecule has 0 heterocycles. The Bertz CT molecular complexity index is 443. The van der Waals surface area contributed by atoms with Crippen LogP contribution in [0.1, 0.15) is 62.6 Å². The van der Waals surface area contributed by atoms with Gasteiger partial charge in [0.2, 0.25) is 0 Å². The Hall–Kier alpha value is -0.340. The molecule has 0 bridgehead atoms. The van der Waals surface area contributed by atoms with Crippen molar-refractivity contribution in [1.29, 1.82) is 0 Å². The van der Waals surface area contributed by atoms with Gasteiger partial charge in [-0.15, -0.1) is 0 Å². The van der Waals surface area contributed by atoms with Crippen LogP contribution in [-0.2, 0) is 6.42 Å². The lowest BCUT2D eigenvalue weighted by molar-refractivity contribution is 0.321. The van der Waals surface area contributed by atoms with Crippen LogP contribution in [0.15, 0.2) is 22.7 Å². The van der Waals surface area contributed by atoms with E-state index in [4.69, 9.17) is 0 Å². The fraction of sp³-hybridized carbons (Fsp3) is 0.647. The zero-order valence-electron chi connectivity index (χ0n) is 11.8. The van der Waals surface area contributed by atoms with Crippen LogP contribution in [0.3, 0.4) is 0 Å². The Labute approximate surface area is 125 Å². The second-order valence-corrected chi connectivity index (χ2v) is 7.14. The molecule has 2 heteroatoms. The van der Waals surface area contributed by atoms with E-state index in [1.165, 1.54) is 60.5 Å². The minimum absolute atomic E-state index is 0.582. The molecule has 3 rings (SSSR count). The van der Waals surface area contributed by atoms with Crippen LogP contribution >= 0.6 is 15.9 Å². The van der Waals surface area contributed by atoms with Gasteiger partial charge in [-0.2, -0.15) is 0 Å². The maximum atomic E-state index is 3.97. The summed E-state index contributed by atoms with van der Waals surface area (Å²) in [6.07, 6.45) is 9.50. The van der Waals surface area contributed by atoms with Gasteiger partial charge in [0.15, 0.2) is 0 Å². The highest BCUT2D eigenvalue weighted by atomic mass is 79.9. The second kappa shape index (κ2) is 5.97. The molecule has 0 radical (unpaired) electrons. The summed E-state index contributed by atoms with van der Waals surface area (Å²) in [6, 6.07) is 7.97. The molecule has 2 aliphatic rings. The van der Waals surface area contributed by atoms with Crippen LogP contribution in [0.25, 0.3) is 0 Å². The highest BCUT2D eigenvalue weighted by Crippen LogP contribution is 2.37. The summed E-state index contributed by atoms with van der Waals surface area (Å²) in [6.45, 7) is 2.43. The van der Waals surface area contributed by atoms with Crippen molar-refractivity contribution >= 4 is 15.9 Å². The molecule has 3 unspecified atom stereocenters. The largest absolute Gasteiger partial charge is 0.307 e. The van der Waals surface area contributed by atoms with E-state index in [2.05, 4.69) is 46.4 Å². The van der Waals surface area contributed by atoms with E-state index in [0.29, 0.717) is 6.04 Å². The van der Waals surface area contributed by atoms with Crippen LogP contribution in [0, 0.1) is 5.92 Å². The van der Waals surface area contributed by atoms with E-state index >= 15 is 0 Å². The predicted molar refractivity (Wildman–Crippen MR) is 84.4 cm³/mol. The molecule has 1 nitrogen and oxygen atoms in total. The third-order valence-corrected chi connectivity index (χ3v) is 5.73. The van der Waals surface area contributed by atoms with Crippen LogP contribution in [0.2, 0.25) is 0 Å². The summed E-state index contributed by atoms with van der Waals surface area (Å²) in [5.41, 5.74) is 3.06. The normalized spacial score (nSPS) is 30.9. The Morgan fingerprint density at radius 1 is 1.11 bits per heavy atom. The molecular weight excluding hydrogens is 298 g/mol. The lowest BCUT2D eigenvalue weighted by Gasteiger charge is -2.27. The molecule has 1 saturated carbocycles. The van der Waals surface area contributed by atoms with Crippen molar-refractivity contribution in [3.8, 4) is 0 Å². The quantitative estimate of drug-likeness (QED) is 0.756. The summed E-state index contributed by atoms with van der Waals surface area (Å²) in [7, 11) is 0. The first-order valence-corrected chi connectivity index (χ1v) is 8.58. The fourth-order valence-electron chi connectivity index (χ4n) is 3.78. The second-order valence-electron chi connectivity index (χ2n) is 6.29. The number of fused-ring (bicyclic) bond motifs is 1. The van der Waals surface area contributed by atoms with Crippen molar-refractivity contribution in [2.45, 2.75) is 64.0 Å². The maximum Gasteiger partial charge on any atom is 0.0329 e. The first-order valence-electron chi connectivity index (χ1n) is 7.79. The number of nitrogens with one attached hydrogen (secondary N) is 1. The molecule has 0 saturated heterocycles. The first kappa shape index (κ1) is 13.6. The Morgan fingerprint density at radius 3 is 2.84 bits per heavy atom. The van der Waals surface area contributed by atoms with Gasteiger partial charge in [0.1, 0.15) is 0 Å². The van der Waals surface area contributed by atoms with Gasteiger partial charge in [-0.3, -0.25) is 0 Å². The van der Waals surface area contributed by atoms with Gasteiger partial charge in [0, 0.05) is 16.6 Å². The minimum atomic E-state index is 0.582. The molecule has 1 aromatic rings. The molecule has 1 N–H and O–H groups in total. The molecule has 1 fully saturated rings. The van der Waals surface area contributed by atoms with Gasteiger partial charge in [-0.05, 0) is 48.8 Å². The molecule has 3 atom stereocenters. The standard InChI is InChI=1S/C17H24BrN/c1-12-6-3-2-4-9-16(12)19-17-11-10-13-14(17)7-5-8-15(13)18/h5,7-8,12,16-17,19H,2-4,6,9-11H2,1H3. The zero-order chi connectivity index (χ0) is 13.2. The SMILES string of the molecule is CC1CCCCCC1NC1CCc2c(Br)cccc21. The van der Waals surface area contributed by atoms with Crippen molar-refractivity contribution < 1.29 is 0 Å². The summed E-state index contributed by atoms with van der Waals surface area (Å²) in [5.74, 6) is 0.832. The van der Waals surface area contributed by atoms with Crippen LogP contribution in [-0.4, -0.2) is 6.04 Å². The minimum Gasteiger partial charge on any atom is -0.307 e. The van der Waals surface area contributed by atoms with Gasteiger partial charge in [-0.25, -0.2) is 0 Å². The molecule has 19 heavy (non-hydrogen) atoms. The summed E-state index contributed by atoms with van der Waals surface area (Å²) in [4.78, 5) is 0. The smallest absolute Gasteiger partial charge is 0.0329 e. The van der Waals surface area contributed by atoms with Crippen LogP contribution in [0.4, 0.5) is 0 Å². The summed E-state index contributed by atoms with van der Waals surface area (Å²) >= 11 is 3.70. The van der Waals surface area contributed by atoms with Crippen molar-refractivity contribution in [2.75, 3.05) is 0 Å². The van der Waals surface area contributed by atoms with Gasteiger partial charge >= 0.3 is 0 Å².